The lowest BCUT2D eigenvalue weighted by atomic mass is 10.1. The molecule has 0 aliphatic heterocycles. The highest BCUT2D eigenvalue weighted by Gasteiger charge is 2.13. The van der Waals surface area contributed by atoms with E-state index in [1.807, 2.05) is 0 Å². The van der Waals surface area contributed by atoms with Gasteiger partial charge in [0.1, 0.15) is 5.75 Å². The minimum atomic E-state index is -1.24. The van der Waals surface area contributed by atoms with Crippen molar-refractivity contribution in [2.45, 2.75) is 0 Å². The summed E-state index contributed by atoms with van der Waals surface area (Å²) in [5.74, 6) is -4.35. The van der Waals surface area contributed by atoms with Crippen LogP contribution in [0.25, 0.3) is 6.08 Å². The van der Waals surface area contributed by atoms with E-state index in [9.17, 15) is 23.5 Å². The second kappa shape index (κ2) is 6.83. The Morgan fingerprint density at radius 3 is 2.52 bits per heavy atom. The molecule has 0 fully saturated rings. The van der Waals surface area contributed by atoms with Crippen molar-refractivity contribution in [3.63, 3.8) is 0 Å². The second-order valence-corrected chi connectivity index (χ2v) is 4.60. The van der Waals surface area contributed by atoms with Crippen LogP contribution in [0.3, 0.4) is 0 Å². The summed E-state index contributed by atoms with van der Waals surface area (Å²) in [5.41, 5.74) is 0.477. The van der Waals surface area contributed by atoms with Crippen molar-refractivity contribution >= 4 is 17.8 Å². The summed E-state index contributed by atoms with van der Waals surface area (Å²) < 4.78 is 30.7. The monoisotopic (exact) mass is 318 g/mol. The van der Waals surface area contributed by atoms with E-state index in [1.54, 1.807) is 18.2 Å². The zero-order valence-electron chi connectivity index (χ0n) is 12.0. The highest BCUT2D eigenvalue weighted by Crippen LogP contribution is 2.22. The van der Waals surface area contributed by atoms with Gasteiger partial charge in [0, 0.05) is 6.07 Å². The fraction of sp³-hybridized carbons (Fsp3) is 0.0588. The molecule has 0 saturated heterocycles. The number of esters is 1. The maximum Gasteiger partial charge on any atom is 0.337 e. The highest BCUT2D eigenvalue weighted by atomic mass is 19.2. The molecule has 2 aromatic rings. The van der Waals surface area contributed by atoms with Crippen LogP contribution in [0.5, 0.6) is 5.75 Å². The Hall–Kier alpha value is -3.02. The van der Waals surface area contributed by atoms with E-state index in [4.69, 9.17) is 0 Å². The molecular weight excluding hydrogens is 306 g/mol. The van der Waals surface area contributed by atoms with Crippen LogP contribution in [-0.2, 0) is 4.74 Å². The molecule has 0 unspecified atom stereocenters. The normalized spacial score (nSPS) is 10.7. The number of ketones is 1. The molecular formula is C17H12F2O4. The van der Waals surface area contributed by atoms with Gasteiger partial charge in [0.05, 0.1) is 18.2 Å². The molecule has 118 valence electrons. The van der Waals surface area contributed by atoms with Gasteiger partial charge in [-0.25, -0.2) is 13.6 Å². The number of carbonyl (C=O) groups is 2. The molecule has 0 saturated carbocycles. The Morgan fingerprint density at radius 1 is 1.13 bits per heavy atom. The van der Waals surface area contributed by atoms with Crippen molar-refractivity contribution in [3.8, 4) is 5.75 Å². The van der Waals surface area contributed by atoms with Crippen LogP contribution in [0.2, 0.25) is 0 Å². The minimum Gasteiger partial charge on any atom is -0.507 e. The molecule has 0 aliphatic carbocycles. The smallest absolute Gasteiger partial charge is 0.337 e. The van der Waals surface area contributed by atoms with E-state index >= 15 is 0 Å². The molecule has 23 heavy (non-hydrogen) atoms. The summed E-state index contributed by atoms with van der Waals surface area (Å²) in [5, 5.41) is 9.51. The van der Waals surface area contributed by atoms with Crippen LogP contribution >= 0.6 is 0 Å². The Morgan fingerprint density at radius 2 is 1.83 bits per heavy atom. The van der Waals surface area contributed by atoms with Gasteiger partial charge in [0.25, 0.3) is 0 Å². The fourth-order valence-corrected chi connectivity index (χ4v) is 1.88. The molecule has 0 bridgehead atoms. The van der Waals surface area contributed by atoms with Crippen molar-refractivity contribution < 1.29 is 28.2 Å². The highest BCUT2D eigenvalue weighted by molar-refractivity contribution is 6.08. The molecule has 4 nitrogen and oxygen atoms in total. The minimum absolute atomic E-state index is 0.303. The van der Waals surface area contributed by atoms with Crippen molar-refractivity contribution in [2.24, 2.45) is 0 Å². The predicted molar refractivity (Wildman–Crippen MR) is 79.2 cm³/mol. The Balaban J connectivity index is 2.25. The molecule has 0 spiro atoms. The first-order chi connectivity index (χ1) is 10.9. The molecule has 2 rings (SSSR count). The second-order valence-electron chi connectivity index (χ2n) is 4.60. The SMILES string of the molecule is COC(=O)c1cccc(/C=C/C(=O)c2cc(F)c(F)cc2O)c1. The number of phenolic OH excluding ortho intramolecular Hbond substituents is 1. The number of halogens is 2. The van der Waals surface area contributed by atoms with Gasteiger partial charge in [-0.1, -0.05) is 18.2 Å². The Bertz CT molecular complexity index is 797. The van der Waals surface area contributed by atoms with E-state index in [0.29, 0.717) is 23.3 Å². The van der Waals surface area contributed by atoms with E-state index in [2.05, 4.69) is 4.74 Å². The maximum atomic E-state index is 13.1. The van der Waals surface area contributed by atoms with Gasteiger partial charge >= 0.3 is 5.97 Å². The molecule has 1 N–H and O–H groups in total. The van der Waals surface area contributed by atoms with Gasteiger partial charge in [-0.05, 0) is 29.8 Å². The summed E-state index contributed by atoms with van der Waals surface area (Å²) in [6.07, 6.45) is 2.47. The summed E-state index contributed by atoms with van der Waals surface area (Å²) in [6.45, 7) is 0. The van der Waals surface area contributed by atoms with Crippen molar-refractivity contribution in [1.82, 2.24) is 0 Å². The lowest BCUT2D eigenvalue weighted by Gasteiger charge is -2.02. The summed E-state index contributed by atoms with van der Waals surface area (Å²) in [6, 6.07) is 7.45. The molecule has 0 aliphatic rings. The van der Waals surface area contributed by atoms with Crippen molar-refractivity contribution in [3.05, 3.63) is 70.8 Å². The van der Waals surface area contributed by atoms with E-state index in [-0.39, 0.29) is 5.56 Å². The van der Waals surface area contributed by atoms with Gasteiger partial charge in [-0.15, -0.1) is 0 Å². The first kappa shape index (κ1) is 16.4. The third kappa shape index (κ3) is 3.79. The lowest BCUT2D eigenvalue weighted by Crippen LogP contribution is -2.01. The van der Waals surface area contributed by atoms with Crippen LogP contribution < -0.4 is 0 Å². The number of ether oxygens (including phenoxy) is 1. The number of hydrogen-bond donors (Lipinski definition) is 1. The Kier molecular flexibility index (Phi) is 4.85. The van der Waals surface area contributed by atoms with Gasteiger partial charge in [-0.3, -0.25) is 4.79 Å². The standard InChI is InChI=1S/C17H12F2O4/c1-23-17(22)11-4-2-3-10(7-11)5-6-15(20)12-8-13(18)14(19)9-16(12)21/h2-9,21H,1H3/b6-5+. The molecule has 0 atom stereocenters. The largest absolute Gasteiger partial charge is 0.507 e. The molecule has 0 aromatic heterocycles. The molecule has 0 heterocycles. The van der Waals surface area contributed by atoms with Gasteiger partial charge < -0.3 is 9.84 Å². The number of methoxy groups -OCH3 is 1. The number of phenols is 1. The number of allylic oxidation sites excluding steroid dienone is 1. The predicted octanol–water partition coefficient (Wildman–Crippen LogP) is 3.35. The van der Waals surface area contributed by atoms with Crippen LogP contribution in [0, 0.1) is 11.6 Å². The number of aromatic hydroxyl groups is 1. The number of rotatable bonds is 4. The van der Waals surface area contributed by atoms with Crippen molar-refractivity contribution in [2.75, 3.05) is 7.11 Å². The van der Waals surface area contributed by atoms with Gasteiger partial charge in [0.15, 0.2) is 17.4 Å². The van der Waals surface area contributed by atoms with Crippen LogP contribution in [-0.4, -0.2) is 24.0 Å². The summed E-state index contributed by atoms with van der Waals surface area (Å²) in [7, 11) is 1.25. The quantitative estimate of drug-likeness (QED) is 0.533. The van der Waals surface area contributed by atoms with Gasteiger partial charge in [-0.2, -0.15) is 0 Å². The molecule has 6 heteroatoms. The first-order valence-corrected chi connectivity index (χ1v) is 6.51. The average Bonchev–Trinajstić information content (AvgIpc) is 2.55. The number of carbonyl (C=O) groups excluding carboxylic acids is 2. The zero-order chi connectivity index (χ0) is 17.0. The Labute approximate surface area is 130 Å². The van der Waals surface area contributed by atoms with E-state index in [1.165, 1.54) is 19.3 Å². The summed E-state index contributed by atoms with van der Waals surface area (Å²) in [4.78, 5) is 23.4. The van der Waals surface area contributed by atoms with Crippen molar-refractivity contribution in [1.29, 1.82) is 0 Å². The molecule has 0 radical (unpaired) electrons. The molecule has 0 amide bonds. The van der Waals surface area contributed by atoms with E-state index < -0.39 is 29.1 Å². The number of benzene rings is 2. The topological polar surface area (TPSA) is 63.6 Å². The van der Waals surface area contributed by atoms with Crippen LogP contribution in [0.1, 0.15) is 26.3 Å². The van der Waals surface area contributed by atoms with Crippen LogP contribution in [0.15, 0.2) is 42.5 Å². The average molecular weight is 318 g/mol. The van der Waals surface area contributed by atoms with Gasteiger partial charge in [0.2, 0.25) is 0 Å². The number of hydrogen-bond acceptors (Lipinski definition) is 4. The third-order valence-corrected chi connectivity index (χ3v) is 3.04. The van der Waals surface area contributed by atoms with Crippen LogP contribution in [0.4, 0.5) is 8.78 Å². The zero-order valence-corrected chi connectivity index (χ0v) is 12.0. The van der Waals surface area contributed by atoms with E-state index in [0.717, 1.165) is 6.08 Å². The summed E-state index contributed by atoms with van der Waals surface area (Å²) >= 11 is 0. The fourth-order valence-electron chi connectivity index (χ4n) is 1.88. The third-order valence-electron chi connectivity index (χ3n) is 3.04. The first-order valence-electron chi connectivity index (χ1n) is 6.51. The lowest BCUT2D eigenvalue weighted by molar-refractivity contribution is 0.0600. The maximum absolute atomic E-state index is 13.1. The molecule has 2 aromatic carbocycles.